The van der Waals surface area contributed by atoms with E-state index in [1.54, 1.807) is 4.90 Å². The van der Waals surface area contributed by atoms with Gasteiger partial charge in [-0.15, -0.1) is 13.2 Å². The Morgan fingerprint density at radius 3 is 2.08 bits per heavy atom. The number of benzene rings is 1. The molecule has 0 bridgehead atoms. The summed E-state index contributed by atoms with van der Waals surface area (Å²) in [4.78, 5) is 16.6. The van der Waals surface area contributed by atoms with Crippen molar-refractivity contribution < 1.29 is 22.7 Å². The molecule has 0 aliphatic carbocycles. The summed E-state index contributed by atoms with van der Waals surface area (Å²) in [6.45, 7) is 7.25. The topological polar surface area (TPSA) is 32.8 Å². The highest BCUT2D eigenvalue weighted by Crippen LogP contribution is 2.23. The third-order valence-corrected chi connectivity index (χ3v) is 4.40. The van der Waals surface area contributed by atoms with Crippen LogP contribution >= 0.6 is 0 Å². The predicted octanol–water partition coefficient (Wildman–Crippen LogP) is 3.53. The van der Waals surface area contributed by atoms with E-state index in [2.05, 4.69) is 23.5 Å². The van der Waals surface area contributed by atoms with Gasteiger partial charge in [0.05, 0.1) is 0 Å². The Morgan fingerprint density at radius 1 is 1.08 bits per heavy atom. The largest absolute Gasteiger partial charge is 0.573 e. The Morgan fingerprint density at radius 2 is 1.62 bits per heavy atom. The van der Waals surface area contributed by atoms with Crippen LogP contribution in [0.2, 0.25) is 0 Å². The molecule has 0 N–H and O–H groups in total. The van der Waals surface area contributed by atoms with Crippen LogP contribution in [0.25, 0.3) is 0 Å². The Bertz CT molecular complexity index is 534. The van der Waals surface area contributed by atoms with Crippen molar-refractivity contribution in [3.8, 4) is 5.75 Å². The van der Waals surface area contributed by atoms with Crippen LogP contribution in [-0.4, -0.2) is 54.3 Å². The van der Waals surface area contributed by atoms with Crippen LogP contribution in [0.1, 0.15) is 37.0 Å². The first-order valence-electron chi connectivity index (χ1n) is 8.23. The average Bonchev–Trinajstić information content (AvgIpc) is 2.55. The van der Waals surface area contributed by atoms with Crippen LogP contribution < -0.4 is 4.74 Å². The number of halogens is 3. The lowest BCUT2D eigenvalue weighted by Crippen LogP contribution is -2.51. The molecule has 4 nitrogen and oxygen atoms in total. The molecule has 2 rings (SSSR count). The number of amides is 1. The quantitative estimate of drug-likeness (QED) is 0.819. The standard InChI is InChI=1S/C17H23F3N2O2/c1-3-14(4-2)21-9-11-22(12-10-21)16(23)13-5-7-15(8-6-13)24-17(18,19)20/h5-8,14H,3-4,9-12H2,1-2H3. The number of carbonyl (C=O) groups excluding carboxylic acids is 1. The summed E-state index contributed by atoms with van der Waals surface area (Å²) in [6.07, 6.45) is -2.55. The van der Waals surface area contributed by atoms with Crippen molar-refractivity contribution >= 4 is 5.91 Å². The van der Waals surface area contributed by atoms with Crippen LogP contribution in [0.5, 0.6) is 5.75 Å². The molecule has 1 aromatic carbocycles. The molecule has 1 aromatic rings. The number of ether oxygens (including phenoxy) is 1. The van der Waals surface area contributed by atoms with Crippen LogP contribution in [-0.2, 0) is 0 Å². The molecule has 134 valence electrons. The van der Waals surface area contributed by atoms with Crippen LogP contribution in [0.15, 0.2) is 24.3 Å². The molecule has 1 saturated heterocycles. The summed E-state index contributed by atoms with van der Waals surface area (Å²) in [7, 11) is 0. The van der Waals surface area contributed by atoms with E-state index >= 15 is 0 Å². The summed E-state index contributed by atoms with van der Waals surface area (Å²) in [5, 5.41) is 0. The second-order valence-electron chi connectivity index (χ2n) is 5.87. The molecule has 0 unspecified atom stereocenters. The zero-order valence-corrected chi connectivity index (χ0v) is 14.0. The maximum atomic E-state index is 12.5. The highest BCUT2D eigenvalue weighted by molar-refractivity contribution is 5.94. The minimum atomic E-state index is -4.73. The molecular formula is C17H23F3N2O2. The highest BCUT2D eigenvalue weighted by Gasteiger charge is 2.31. The van der Waals surface area contributed by atoms with E-state index in [1.165, 1.54) is 24.3 Å². The fourth-order valence-electron chi connectivity index (χ4n) is 3.08. The minimum Gasteiger partial charge on any atom is -0.406 e. The molecule has 0 atom stereocenters. The van der Waals surface area contributed by atoms with Gasteiger partial charge in [0.25, 0.3) is 5.91 Å². The molecule has 0 radical (unpaired) electrons. The molecule has 1 heterocycles. The maximum Gasteiger partial charge on any atom is 0.573 e. The first kappa shape index (κ1) is 18.6. The van der Waals surface area contributed by atoms with Crippen molar-refractivity contribution in [1.29, 1.82) is 0 Å². The lowest BCUT2D eigenvalue weighted by Gasteiger charge is -2.38. The number of nitrogens with zero attached hydrogens (tertiary/aromatic N) is 2. The smallest absolute Gasteiger partial charge is 0.406 e. The number of alkyl halides is 3. The molecule has 1 amide bonds. The molecule has 0 spiro atoms. The fraction of sp³-hybridized carbons (Fsp3) is 0.588. The summed E-state index contributed by atoms with van der Waals surface area (Å²) in [6, 6.07) is 5.62. The Kier molecular flexibility index (Phi) is 6.10. The molecule has 24 heavy (non-hydrogen) atoms. The third-order valence-electron chi connectivity index (χ3n) is 4.40. The molecular weight excluding hydrogens is 321 g/mol. The van der Waals surface area contributed by atoms with Crippen LogP contribution in [0, 0.1) is 0 Å². The summed E-state index contributed by atoms with van der Waals surface area (Å²) >= 11 is 0. The SMILES string of the molecule is CCC(CC)N1CCN(C(=O)c2ccc(OC(F)(F)F)cc2)CC1. The summed E-state index contributed by atoms with van der Waals surface area (Å²) in [5.74, 6) is -0.477. The number of rotatable bonds is 5. The Labute approximate surface area is 140 Å². The van der Waals surface area contributed by atoms with E-state index in [-0.39, 0.29) is 11.7 Å². The van der Waals surface area contributed by atoms with Gasteiger partial charge < -0.3 is 9.64 Å². The first-order chi connectivity index (χ1) is 11.3. The molecule has 1 aliphatic heterocycles. The van der Waals surface area contributed by atoms with Gasteiger partial charge in [0.15, 0.2) is 0 Å². The lowest BCUT2D eigenvalue weighted by atomic mass is 10.1. The van der Waals surface area contributed by atoms with Crippen LogP contribution in [0.3, 0.4) is 0 Å². The van der Waals surface area contributed by atoms with Gasteiger partial charge >= 0.3 is 6.36 Å². The van der Waals surface area contributed by atoms with Crippen molar-refractivity contribution in [3.63, 3.8) is 0 Å². The second kappa shape index (κ2) is 7.88. The fourth-order valence-corrected chi connectivity index (χ4v) is 3.08. The van der Waals surface area contributed by atoms with E-state index in [9.17, 15) is 18.0 Å². The van der Waals surface area contributed by atoms with Crippen molar-refractivity contribution in [2.24, 2.45) is 0 Å². The van der Waals surface area contributed by atoms with E-state index in [0.29, 0.717) is 24.7 Å². The lowest BCUT2D eigenvalue weighted by molar-refractivity contribution is -0.274. The van der Waals surface area contributed by atoms with E-state index in [4.69, 9.17) is 0 Å². The molecule has 1 fully saturated rings. The number of hydrogen-bond donors (Lipinski definition) is 0. The number of hydrogen-bond acceptors (Lipinski definition) is 3. The summed E-state index contributed by atoms with van der Waals surface area (Å²) in [5.41, 5.74) is 0.375. The van der Waals surface area contributed by atoms with Gasteiger partial charge in [0, 0.05) is 37.8 Å². The predicted molar refractivity (Wildman–Crippen MR) is 85.0 cm³/mol. The van der Waals surface area contributed by atoms with Gasteiger partial charge in [-0.05, 0) is 37.1 Å². The van der Waals surface area contributed by atoms with Crippen molar-refractivity contribution in [2.45, 2.75) is 39.1 Å². The second-order valence-corrected chi connectivity index (χ2v) is 5.87. The van der Waals surface area contributed by atoms with Gasteiger partial charge in [-0.3, -0.25) is 9.69 Å². The monoisotopic (exact) mass is 344 g/mol. The average molecular weight is 344 g/mol. The van der Waals surface area contributed by atoms with Crippen molar-refractivity contribution in [1.82, 2.24) is 9.80 Å². The number of carbonyl (C=O) groups is 1. The molecule has 7 heteroatoms. The molecule has 0 saturated carbocycles. The Hall–Kier alpha value is -1.76. The van der Waals surface area contributed by atoms with E-state index in [0.717, 1.165) is 25.9 Å². The highest BCUT2D eigenvalue weighted by atomic mass is 19.4. The van der Waals surface area contributed by atoms with Crippen molar-refractivity contribution in [2.75, 3.05) is 26.2 Å². The third kappa shape index (κ3) is 4.87. The minimum absolute atomic E-state index is 0.155. The number of piperazine rings is 1. The zero-order chi connectivity index (χ0) is 17.7. The van der Waals surface area contributed by atoms with Crippen LogP contribution in [0.4, 0.5) is 13.2 Å². The Balaban J connectivity index is 1.93. The van der Waals surface area contributed by atoms with Gasteiger partial charge in [-0.2, -0.15) is 0 Å². The normalized spacial score (nSPS) is 16.5. The van der Waals surface area contributed by atoms with Gasteiger partial charge in [0.1, 0.15) is 5.75 Å². The van der Waals surface area contributed by atoms with Gasteiger partial charge in [0.2, 0.25) is 0 Å². The maximum absolute atomic E-state index is 12.5. The van der Waals surface area contributed by atoms with E-state index in [1.807, 2.05) is 0 Å². The summed E-state index contributed by atoms with van der Waals surface area (Å²) < 4.78 is 40.3. The van der Waals surface area contributed by atoms with Crippen molar-refractivity contribution in [3.05, 3.63) is 29.8 Å². The van der Waals surface area contributed by atoms with Gasteiger partial charge in [-0.25, -0.2) is 0 Å². The zero-order valence-electron chi connectivity index (χ0n) is 14.0. The van der Waals surface area contributed by atoms with E-state index < -0.39 is 6.36 Å². The van der Waals surface area contributed by atoms with Gasteiger partial charge in [-0.1, -0.05) is 13.8 Å². The molecule has 1 aliphatic rings. The first-order valence-corrected chi connectivity index (χ1v) is 8.23. The molecule has 0 aromatic heterocycles.